The third-order valence-corrected chi connectivity index (χ3v) is 5.75. The van der Waals surface area contributed by atoms with Gasteiger partial charge in [0.05, 0.1) is 7.11 Å². The number of benzene rings is 2. The van der Waals surface area contributed by atoms with E-state index in [0.29, 0.717) is 11.7 Å². The molecule has 2 aromatic carbocycles. The van der Waals surface area contributed by atoms with Crippen molar-refractivity contribution in [2.45, 2.75) is 25.2 Å². The molecule has 1 atom stereocenters. The number of likely N-dealkylation sites (tertiary alicyclic amines) is 1. The maximum Gasteiger partial charge on any atom is 0.167 e. The number of piperidine rings is 1. The number of fused-ring (bicyclic) bond motifs is 1. The third-order valence-electron chi connectivity index (χ3n) is 5.75. The smallest absolute Gasteiger partial charge is 0.167 e. The Balaban J connectivity index is 1.36. The summed E-state index contributed by atoms with van der Waals surface area (Å²) in [5.41, 5.74) is 3.50. The number of Topliss-reactive ketones (excluding diaryl/α,β-unsaturated/α-hetero) is 1. The van der Waals surface area contributed by atoms with Gasteiger partial charge in [0.15, 0.2) is 5.78 Å². The number of rotatable bonds is 4. The van der Waals surface area contributed by atoms with E-state index in [1.165, 1.54) is 18.4 Å². The second-order valence-corrected chi connectivity index (χ2v) is 7.27. The lowest BCUT2D eigenvalue weighted by atomic mass is 9.89. The van der Waals surface area contributed by atoms with Crippen molar-refractivity contribution in [1.29, 1.82) is 0 Å². The molecule has 0 N–H and O–H groups in total. The van der Waals surface area contributed by atoms with Gasteiger partial charge < -0.3 is 9.64 Å². The molecule has 130 valence electrons. The summed E-state index contributed by atoms with van der Waals surface area (Å²) in [6.45, 7) is 3.06. The van der Waals surface area contributed by atoms with Crippen molar-refractivity contribution in [2.24, 2.45) is 5.92 Å². The van der Waals surface area contributed by atoms with Gasteiger partial charge in [-0.1, -0.05) is 30.3 Å². The number of methoxy groups -OCH3 is 1. The molecule has 0 saturated carbocycles. The first-order valence-corrected chi connectivity index (χ1v) is 9.23. The van der Waals surface area contributed by atoms with Crippen molar-refractivity contribution in [3.63, 3.8) is 0 Å². The third kappa shape index (κ3) is 3.34. The minimum Gasteiger partial charge on any atom is -0.497 e. The molecule has 25 heavy (non-hydrogen) atoms. The quantitative estimate of drug-likeness (QED) is 0.848. The molecule has 1 heterocycles. The van der Waals surface area contributed by atoms with Gasteiger partial charge >= 0.3 is 0 Å². The summed E-state index contributed by atoms with van der Waals surface area (Å²) in [6, 6.07) is 16.7. The number of hydrogen-bond donors (Lipinski definition) is 0. The van der Waals surface area contributed by atoms with E-state index in [2.05, 4.69) is 35.2 Å². The van der Waals surface area contributed by atoms with Crippen molar-refractivity contribution in [2.75, 3.05) is 26.7 Å². The summed E-state index contributed by atoms with van der Waals surface area (Å²) in [7, 11) is 1.67. The van der Waals surface area contributed by atoms with E-state index in [1.807, 2.05) is 18.2 Å². The Kier molecular flexibility index (Phi) is 4.58. The van der Waals surface area contributed by atoms with Crippen molar-refractivity contribution < 1.29 is 9.53 Å². The molecule has 0 radical (unpaired) electrons. The molecule has 3 heteroatoms. The SMILES string of the molecule is COc1ccc2c(c1)CC(CN1CCC(c3ccccc3)CC1)C2=O. The molecule has 0 bridgehead atoms. The second kappa shape index (κ2) is 7.01. The summed E-state index contributed by atoms with van der Waals surface area (Å²) >= 11 is 0. The lowest BCUT2D eigenvalue weighted by Crippen LogP contribution is -2.38. The Labute approximate surface area is 149 Å². The van der Waals surface area contributed by atoms with Crippen LogP contribution in [0.15, 0.2) is 48.5 Å². The zero-order chi connectivity index (χ0) is 17.2. The summed E-state index contributed by atoms with van der Waals surface area (Å²) in [5, 5.41) is 0. The van der Waals surface area contributed by atoms with Gasteiger partial charge in [0.2, 0.25) is 0 Å². The van der Waals surface area contributed by atoms with E-state index in [-0.39, 0.29) is 5.92 Å². The lowest BCUT2D eigenvalue weighted by molar-refractivity contribution is 0.0885. The highest BCUT2D eigenvalue weighted by Gasteiger charge is 2.33. The second-order valence-electron chi connectivity index (χ2n) is 7.27. The minimum atomic E-state index is 0.107. The Morgan fingerprint density at radius 1 is 1.08 bits per heavy atom. The van der Waals surface area contributed by atoms with Gasteiger partial charge in [0, 0.05) is 18.0 Å². The Morgan fingerprint density at radius 3 is 2.56 bits per heavy atom. The molecule has 0 amide bonds. The summed E-state index contributed by atoms with van der Waals surface area (Å²) in [5.74, 6) is 1.92. The first-order chi connectivity index (χ1) is 12.2. The molecular weight excluding hydrogens is 310 g/mol. The van der Waals surface area contributed by atoms with Crippen molar-refractivity contribution >= 4 is 5.78 Å². The van der Waals surface area contributed by atoms with Gasteiger partial charge in [-0.15, -0.1) is 0 Å². The number of hydrogen-bond acceptors (Lipinski definition) is 3. The molecule has 1 saturated heterocycles. The van der Waals surface area contributed by atoms with Gasteiger partial charge in [-0.05, 0) is 67.6 Å². The first-order valence-electron chi connectivity index (χ1n) is 9.23. The molecular formula is C22H25NO2. The molecule has 4 rings (SSSR count). The number of ketones is 1. The molecule has 1 aliphatic carbocycles. The fourth-order valence-electron chi connectivity index (χ4n) is 4.32. The maximum atomic E-state index is 12.7. The number of ether oxygens (including phenoxy) is 1. The molecule has 3 nitrogen and oxygen atoms in total. The van der Waals surface area contributed by atoms with Gasteiger partial charge in [0.1, 0.15) is 5.75 Å². The summed E-state index contributed by atoms with van der Waals surface area (Å²) in [6.07, 6.45) is 3.22. The summed E-state index contributed by atoms with van der Waals surface area (Å²) in [4.78, 5) is 15.2. The van der Waals surface area contributed by atoms with Crippen LogP contribution < -0.4 is 4.74 Å². The van der Waals surface area contributed by atoms with Crippen molar-refractivity contribution in [1.82, 2.24) is 4.90 Å². The van der Waals surface area contributed by atoms with Gasteiger partial charge in [-0.25, -0.2) is 0 Å². The van der Waals surface area contributed by atoms with Crippen LogP contribution in [0.2, 0.25) is 0 Å². The monoisotopic (exact) mass is 335 g/mol. The van der Waals surface area contributed by atoms with E-state index in [1.54, 1.807) is 7.11 Å². The minimum absolute atomic E-state index is 0.107. The fourth-order valence-corrected chi connectivity index (χ4v) is 4.32. The number of nitrogens with zero attached hydrogens (tertiary/aromatic N) is 1. The predicted molar refractivity (Wildman–Crippen MR) is 99.4 cm³/mol. The fraction of sp³-hybridized carbons (Fsp3) is 0.409. The molecule has 1 fully saturated rings. The largest absolute Gasteiger partial charge is 0.497 e. The van der Waals surface area contributed by atoms with E-state index < -0.39 is 0 Å². The van der Waals surface area contributed by atoms with Crippen molar-refractivity contribution in [3.05, 3.63) is 65.2 Å². The molecule has 0 spiro atoms. The normalized spacial score (nSPS) is 21.3. The topological polar surface area (TPSA) is 29.5 Å². The number of carbonyl (C=O) groups is 1. The first kappa shape index (κ1) is 16.3. The van der Waals surface area contributed by atoms with Crippen LogP contribution in [-0.4, -0.2) is 37.4 Å². The highest BCUT2D eigenvalue weighted by Crippen LogP contribution is 2.32. The predicted octanol–water partition coefficient (Wildman–Crippen LogP) is 3.93. The van der Waals surface area contributed by atoms with Crippen LogP contribution in [0.5, 0.6) is 5.75 Å². The van der Waals surface area contributed by atoms with Crippen LogP contribution >= 0.6 is 0 Å². The van der Waals surface area contributed by atoms with E-state index in [0.717, 1.165) is 42.9 Å². The zero-order valence-electron chi connectivity index (χ0n) is 14.8. The lowest BCUT2D eigenvalue weighted by Gasteiger charge is -2.33. The Bertz CT molecular complexity index is 748. The van der Waals surface area contributed by atoms with Crippen LogP contribution in [-0.2, 0) is 6.42 Å². The molecule has 1 unspecified atom stereocenters. The summed E-state index contributed by atoms with van der Waals surface area (Å²) < 4.78 is 5.29. The van der Waals surface area contributed by atoms with Crippen LogP contribution in [0, 0.1) is 5.92 Å². The average molecular weight is 335 g/mol. The van der Waals surface area contributed by atoms with Crippen LogP contribution in [0.3, 0.4) is 0 Å². The molecule has 2 aliphatic rings. The van der Waals surface area contributed by atoms with Gasteiger partial charge in [-0.3, -0.25) is 4.79 Å². The Hall–Kier alpha value is -2.13. The number of carbonyl (C=O) groups excluding carboxylic acids is 1. The van der Waals surface area contributed by atoms with Crippen LogP contribution in [0.25, 0.3) is 0 Å². The van der Waals surface area contributed by atoms with E-state index in [4.69, 9.17) is 4.74 Å². The molecule has 0 aromatic heterocycles. The van der Waals surface area contributed by atoms with Gasteiger partial charge in [0.25, 0.3) is 0 Å². The highest BCUT2D eigenvalue weighted by atomic mass is 16.5. The average Bonchev–Trinajstić information content (AvgIpc) is 2.98. The van der Waals surface area contributed by atoms with Gasteiger partial charge in [-0.2, -0.15) is 0 Å². The Morgan fingerprint density at radius 2 is 1.84 bits per heavy atom. The van der Waals surface area contributed by atoms with E-state index in [9.17, 15) is 4.79 Å². The van der Waals surface area contributed by atoms with Crippen LogP contribution in [0.4, 0.5) is 0 Å². The zero-order valence-corrected chi connectivity index (χ0v) is 14.8. The standard InChI is InChI=1S/C22H25NO2/c1-25-20-7-8-21-18(14-20)13-19(22(21)24)15-23-11-9-17(10-12-23)16-5-3-2-4-6-16/h2-8,14,17,19H,9-13,15H2,1H3. The molecule has 2 aromatic rings. The maximum absolute atomic E-state index is 12.7. The highest BCUT2D eigenvalue weighted by molar-refractivity contribution is 6.02. The van der Waals surface area contributed by atoms with E-state index >= 15 is 0 Å². The van der Waals surface area contributed by atoms with Crippen LogP contribution in [0.1, 0.15) is 40.2 Å². The molecule has 1 aliphatic heterocycles. The van der Waals surface area contributed by atoms with Crippen molar-refractivity contribution in [3.8, 4) is 5.75 Å².